The SMILES string of the molecule is N#C/C(=C(/O)C[NH+]1CCN(C(=O)c2ccccc2)CC1)c1nc2ccccc2[nH]1. The fourth-order valence-electron chi connectivity index (χ4n) is 3.62. The third kappa shape index (κ3) is 3.98. The van der Waals surface area contributed by atoms with Crippen LogP contribution < -0.4 is 4.90 Å². The highest BCUT2D eigenvalue weighted by Gasteiger charge is 2.26. The van der Waals surface area contributed by atoms with Crippen LogP contribution in [0.2, 0.25) is 0 Å². The van der Waals surface area contributed by atoms with E-state index in [1.807, 2.05) is 59.5 Å². The number of aromatic nitrogens is 2. The second-order valence-electron chi connectivity index (χ2n) is 7.12. The number of imidazole rings is 1. The minimum Gasteiger partial charge on any atom is -0.506 e. The predicted molar refractivity (Wildman–Crippen MR) is 109 cm³/mol. The number of carbonyl (C=O) groups excluding carboxylic acids is 1. The average molecular weight is 388 g/mol. The summed E-state index contributed by atoms with van der Waals surface area (Å²) in [5.74, 6) is 0.428. The smallest absolute Gasteiger partial charge is 0.254 e. The number of hydrogen-bond acceptors (Lipinski definition) is 4. The quantitative estimate of drug-likeness (QED) is 0.465. The molecule has 1 saturated heterocycles. The Hall–Kier alpha value is -3.63. The molecule has 1 fully saturated rings. The van der Waals surface area contributed by atoms with Crippen LogP contribution >= 0.6 is 0 Å². The van der Waals surface area contributed by atoms with Crippen molar-refractivity contribution in [2.24, 2.45) is 0 Å². The summed E-state index contributed by atoms with van der Waals surface area (Å²) in [5.41, 5.74) is 2.43. The van der Waals surface area contributed by atoms with Gasteiger partial charge < -0.3 is 19.9 Å². The van der Waals surface area contributed by atoms with Gasteiger partial charge in [-0.05, 0) is 24.3 Å². The first kappa shape index (κ1) is 18.7. The number of allylic oxidation sites excluding steroid dienone is 1. The highest BCUT2D eigenvalue weighted by Crippen LogP contribution is 2.18. The molecular formula is C22H22N5O2+. The van der Waals surface area contributed by atoms with Gasteiger partial charge >= 0.3 is 0 Å². The predicted octanol–water partition coefficient (Wildman–Crippen LogP) is 1.40. The average Bonchev–Trinajstić information content (AvgIpc) is 3.18. The lowest BCUT2D eigenvalue weighted by Crippen LogP contribution is -3.15. The van der Waals surface area contributed by atoms with Crippen molar-refractivity contribution in [1.29, 1.82) is 5.26 Å². The van der Waals surface area contributed by atoms with E-state index in [1.165, 1.54) is 0 Å². The summed E-state index contributed by atoms with van der Waals surface area (Å²) in [5, 5.41) is 20.1. The summed E-state index contributed by atoms with van der Waals surface area (Å²) >= 11 is 0. The number of carbonyl (C=O) groups is 1. The van der Waals surface area contributed by atoms with Gasteiger partial charge in [0.05, 0.1) is 37.2 Å². The van der Waals surface area contributed by atoms with Crippen LogP contribution in [0.3, 0.4) is 0 Å². The van der Waals surface area contributed by atoms with Crippen LogP contribution in [0, 0.1) is 11.3 Å². The van der Waals surface area contributed by atoms with Crippen molar-refractivity contribution >= 4 is 22.5 Å². The number of H-pyrrole nitrogens is 1. The fraction of sp³-hybridized carbons (Fsp3) is 0.227. The van der Waals surface area contributed by atoms with Gasteiger partial charge in [0, 0.05) is 5.56 Å². The number of amides is 1. The molecule has 0 unspecified atom stereocenters. The number of benzene rings is 2. The van der Waals surface area contributed by atoms with E-state index in [0.717, 1.165) is 15.9 Å². The standard InChI is InChI=1S/C22H21N5O2/c23-14-17(21-24-18-8-4-5-9-19(18)25-21)20(28)15-26-10-12-27(13-11-26)22(29)16-6-2-1-3-7-16/h1-9,28H,10-13,15H2,(H,24,25)/p+1/b20-17-. The van der Waals surface area contributed by atoms with Crippen molar-refractivity contribution in [2.45, 2.75) is 0 Å². The Labute approximate surface area is 168 Å². The third-order valence-corrected chi connectivity index (χ3v) is 5.22. The molecule has 2 heterocycles. The lowest BCUT2D eigenvalue weighted by molar-refractivity contribution is -0.900. The molecule has 1 aliphatic rings. The van der Waals surface area contributed by atoms with E-state index in [1.54, 1.807) is 0 Å². The first-order chi connectivity index (χ1) is 14.2. The Morgan fingerprint density at radius 1 is 1.14 bits per heavy atom. The van der Waals surface area contributed by atoms with Gasteiger partial charge in [-0.15, -0.1) is 0 Å². The Morgan fingerprint density at radius 2 is 1.83 bits per heavy atom. The molecule has 2 aromatic carbocycles. The number of fused-ring (bicyclic) bond motifs is 1. The third-order valence-electron chi connectivity index (χ3n) is 5.22. The van der Waals surface area contributed by atoms with E-state index in [9.17, 15) is 15.2 Å². The van der Waals surface area contributed by atoms with Crippen molar-refractivity contribution in [3.8, 4) is 6.07 Å². The van der Waals surface area contributed by atoms with Gasteiger partial charge in [0.1, 0.15) is 18.2 Å². The molecule has 29 heavy (non-hydrogen) atoms. The summed E-state index contributed by atoms with van der Waals surface area (Å²) < 4.78 is 0. The van der Waals surface area contributed by atoms with Gasteiger partial charge in [-0.25, -0.2) is 4.98 Å². The second-order valence-corrected chi connectivity index (χ2v) is 7.12. The monoisotopic (exact) mass is 388 g/mol. The molecule has 0 radical (unpaired) electrons. The van der Waals surface area contributed by atoms with Gasteiger partial charge in [0.15, 0.2) is 11.6 Å². The van der Waals surface area contributed by atoms with Crippen LogP contribution in [-0.2, 0) is 0 Å². The lowest BCUT2D eigenvalue weighted by atomic mass is 10.1. The Balaban J connectivity index is 1.42. The molecular weight excluding hydrogens is 366 g/mol. The molecule has 0 aliphatic carbocycles. The van der Waals surface area contributed by atoms with E-state index in [4.69, 9.17) is 0 Å². The van der Waals surface area contributed by atoms with Crippen molar-refractivity contribution in [3.63, 3.8) is 0 Å². The molecule has 3 N–H and O–H groups in total. The van der Waals surface area contributed by atoms with E-state index in [0.29, 0.717) is 44.1 Å². The molecule has 1 aromatic heterocycles. The van der Waals surface area contributed by atoms with E-state index >= 15 is 0 Å². The zero-order chi connectivity index (χ0) is 20.2. The van der Waals surface area contributed by atoms with Crippen molar-refractivity contribution in [2.75, 3.05) is 32.7 Å². The number of aromatic amines is 1. The maximum absolute atomic E-state index is 12.6. The summed E-state index contributed by atoms with van der Waals surface area (Å²) in [6.45, 7) is 2.97. The number of aliphatic hydroxyl groups is 1. The maximum atomic E-state index is 12.6. The normalized spacial score (nSPS) is 15.8. The molecule has 4 rings (SSSR count). The Kier molecular flexibility index (Phi) is 5.27. The molecule has 0 spiro atoms. The topological polar surface area (TPSA) is 97.4 Å². The highest BCUT2D eigenvalue weighted by molar-refractivity contribution is 5.94. The van der Waals surface area contributed by atoms with Gasteiger partial charge in [-0.1, -0.05) is 30.3 Å². The van der Waals surface area contributed by atoms with Crippen LogP contribution in [0.4, 0.5) is 0 Å². The molecule has 7 nitrogen and oxygen atoms in total. The van der Waals surface area contributed by atoms with E-state index in [2.05, 4.69) is 16.0 Å². The summed E-state index contributed by atoms with van der Waals surface area (Å²) in [7, 11) is 0. The van der Waals surface area contributed by atoms with E-state index in [-0.39, 0.29) is 17.2 Å². The molecule has 0 saturated carbocycles. The number of para-hydroxylation sites is 2. The number of quaternary nitrogens is 1. The van der Waals surface area contributed by atoms with Crippen LogP contribution in [0.25, 0.3) is 16.6 Å². The second kappa shape index (κ2) is 8.17. The Morgan fingerprint density at radius 3 is 2.52 bits per heavy atom. The molecule has 7 heteroatoms. The highest BCUT2D eigenvalue weighted by atomic mass is 16.3. The molecule has 3 aromatic rings. The minimum atomic E-state index is 0.0180. The number of nitrogens with zero attached hydrogens (tertiary/aromatic N) is 3. The van der Waals surface area contributed by atoms with Crippen LogP contribution in [0.1, 0.15) is 16.2 Å². The zero-order valence-electron chi connectivity index (χ0n) is 15.9. The Bertz CT molecular complexity index is 1060. The van der Waals surface area contributed by atoms with Crippen molar-refractivity contribution in [1.82, 2.24) is 14.9 Å². The first-order valence-electron chi connectivity index (χ1n) is 9.61. The van der Waals surface area contributed by atoms with Gasteiger partial charge in [-0.3, -0.25) is 4.79 Å². The maximum Gasteiger partial charge on any atom is 0.254 e. The molecule has 146 valence electrons. The van der Waals surface area contributed by atoms with Crippen LogP contribution in [0.15, 0.2) is 60.4 Å². The summed E-state index contributed by atoms with van der Waals surface area (Å²) in [4.78, 5) is 23.0. The van der Waals surface area contributed by atoms with Gasteiger partial charge in [0.2, 0.25) is 0 Å². The number of nitriles is 1. The number of aliphatic hydroxyl groups excluding tert-OH is 1. The van der Waals surface area contributed by atoms with E-state index < -0.39 is 0 Å². The first-order valence-corrected chi connectivity index (χ1v) is 9.61. The zero-order valence-corrected chi connectivity index (χ0v) is 15.9. The number of nitrogens with one attached hydrogen (secondary N) is 2. The lowest BCUT2D eigenvalue weighted by Gasteiger charge is -2.32. The minimum absolute atomic E-state index is 0.0180. The molecule has 0 bridgehead atoms. The number of piperazine rings is 1. The number of rotatable bonds is 4. The molecule has 1 amide bonds. The summed E-state index contributed by atoms with van der Waals surface area (Å²) in [6.07, 6.45) is 0. The summed E-state index contributed by atoms with van der Waals surface area (Å²) in [6, 6.07) is 18.8. The van der Waals surface area contributed by atoms with Gasteiger partial charge in [-0.2, -0.15) is 5.26 Å². The molecule has 1 aliphatic heterocycles. The van der Waals surface area contributed by atoms with Crippen LogP contribution in [-0.4, -0.2) is 58.6 Å². The number of hydrogen-bond donors (Lipinski definition) is 3. The van der Waals surface area contributed by atoms with Gasteiger partial charge in [0.25, 0.3) is 5.91 Å². The molecule has 0 atom stereocenters. The van der Waals surface area contributed by atoms with Crippen LogP contribution in [0.5, 0.6) is 0 Å². The van der Waals surface area contributed by atoms with Crippen molar-refractivity contribution < 1.29 is 14.8 Å². The fourth-order valence-corrected chi connectivity index (χ4v) is 3.62. The largest absolute Gasteiger partial charge is 0.506 e. The van der Waals surface area contributed by atoms with Crippen molar-refractivity contribution in [3.05, 3.63) is 71.7 Å².